The van der Waals surface area contributed by atoms with E-state index in [4.69, 9.17) is 4.42 Å². The fraction of sp³-hybridized carbons (Fsp3) is 0.364. The number of aromatic nitrogens is 2. The molecule has 0 saturated carbocycles. The van der Waals surface area contributed by atoms with Crippen molar-refractivity contribution >= 4 is 0 Å². The Hall–Kier alpha value is -2.66. The Morgan fingerprint density at radius 1 is 1.22 bits per heavy atom. The zero-order valence-corrected chi connectivity index (χ0v) is 15.9. The lowest BCUT2D eigenvalue weighted by Crippen LogP contribution is -2.34. The van der Waals surface area contributed by atoms with Crippen LogP contribution in [0.3, 0.4) is 0 Å². The molecule has 140 valence electrons. The summed E-state index contributed by atoms with van der Waals surface area (Å²) in [5.74, 6) is 2.84. The first kappa shape index (κ1) is 17.7. The van der Waals surface area contributed by atoms with Crippen LogP contribution in [0.4, 0.5) is 0 Å². The second-order valence-electron chi connectivity index (χ2n) is 7.40. The summed E-state index contributed by atoms with van der Waals surface area (Å²) in [4.78, 5) is 21.6. The fourth-order valence-electron chi connectivity index (χ4n) is 3.97. The molecule has 2 aromatic heterocycles. The minimum atomic E-state index is -0.0619. The first-order valence-electron chi connectivity index (χ1n) is 9.53. The maximum atomic E-state index is 11.8. The molecule has 3 heterocycles. The van der Waals surface area contributed by atoms with Crippen molar-refractivity contribution in [1.82, 2.24) is 14.9 Å². The van der Waals surface area contributed by atoms with E-state index >= 15 is 0 Å². The zero-order valence-electron chi connectivity index (χ0n) is 15.9. The molecule has 1 N–H and O–H groups in total. The number of hydrogen-bond donors (Lipinski definition) is 1. The Kier molecular flexibility index (Phi) is 4.94. The minimum Gasteiger partial charge on any atom is -0.461 e. The zero-order chi connectivity index (χ0) is 18.8. The summed E-state index contributed by atoms with van der Waals surface area (Å²) in [7, 11) is 0. The number of H-pyrrole nitrogens is 1. The van der Waals surface area contributed by atoms with E-state index in [0.29, 0.717) is 11.7 Å². The van der Waals surface area contributed by atoms with Crippen LogP contribution >= 0.6 is 0 Å². The van der Waals surface area contributed by atoms with Gasteiger partial charge in [-0.15, -0.1) is 0 Å². The number of hydrogen-bond acceptors (Lipinski definition) is 4. The average Bonchev–Trinajstić information content (AvgIpc) is 3.08. The quantitative estimate of drug-likeness (QED) is 0.760. The Morgan fingerprint density at radius 3 is 2.85 bits per heavy atom. The molecule has 1 aliphatic heterocycles. The average molecular weight is 363 g/mol. The molecule has 5 nitrogen and oxygen atoms in total. The molecule has 27 heavy (non-hydrogen) atoms. The second-order valence-corrected chi connectivity index (χ2v) is 7.40. The first-order chi connectivity index (χ1) is 13.1. The monoisotopic (exact) mass is 363 g/mol. The topological polar surface area (TPSA) is 62.1 Å². The van der Waals surface area contributed by atoms with Crippen LogP contribution in [0.2, 0.25) is 0 Å². The Labute approximate surface area is 159 Å². The SMILES string of the molecule is Cc1nc(C2CCCN(Cc3ccccc3-c3ccc(C)o3)C2)cc(=O)[nH]1. The van der Waals surface area contributed by atoms with E-state index in [-0.39, 0.29) is 5.56 Å². The van der Waals surface area contributed by atoms with Gasteiger partial charge in [-0.25, -0.2) is 4.98 Å². The van der Waals surface area contributed by atoms with Gasteiger partial charge in [-0.3, -0.25) is 9.69 Å². The number of piperidine rings is 1. The van der Waals surface area contributed by atoms with E-state index in [0.717, 1.165) is 55.3 Å². The third-order valence-electron chi connectivity index (χ3n) is 5.22. The molecule has 4 rings (SSSR count). The molecule has 0 aliphatic carbocycles. The van der Waals surface area contributed by atoms with Crippen LogP contribution < -0.4 is 5.56 Å². The van der Waals surface area contributed by atoms with Gasteiger partial charge in [0.2, 0.25) is 0 Å². The van der Waals surface area contributed by atoms with Gasteiger partial charge in [0.15, 0.2) is 0 Å². The minimum absolute atomic E-state index is 0.0619. The lowest BCUT2D eigenvalue weighted by atomic mass is 9.93. The van der Waals surface area contributed by atoms with Crippen LogP contribution in [0, 0.1) is 13.8 Å². The lowest BCUT2D eigenvalue weighted by molar-refractivity contribution is 0.198. The molecule has 1 aromatic carbocycles. The van der Waals surface area contributed by atoms with Gasteiger partial charge in [0, 0.05) is 30.6 Å². The molecule has 0 amide bonds. The number of furan rings is 1. The van der Waals surface area contributed by atoms with Crippen molar-refractivity contribution in [3.63, 3.8) is 0 Å². The Balaban J connectivity index is 1.54. The predicted octanol–water partition coefficient (Wildman–Crippen LogP) is 4.03. The first-order valence-corrected chi connectivity index (χ1v) is 9.53. The molecular formula is C22H25N3O2. The molecule has 0 radical (unpaired) electrons. The van der Waals surface area contributed by atoms with Gasteiger partial charge in [0.1, 0.15) is 17.3 Å². The second kappa shape index (κ2) is 7.53. The van der Waals surface area contributed by atoms with Crippen molar-refractivity contribution in [3.05, 3.63) is 75.7 Å². The smallest absolute Gasteiger partial charge is 0.251 e. The van der Waals surface area contributed by atoms with Gasteiger partial charge in [-0.2, -0.15) is 0 Å². The van der Waals surface area contributed by atoms with Gasteiger partial charge in [0.25, 0.3) is 5.56 Å². The van der Waals surface area contributed by atoms with Gasteiger partial charge >= 0.3 is 0 Å². The Morgan fingerprint density at radius 2 is 2.07 bits per heavy atom. The number of nitrogens with zero attached hydrogens (tertiary/aromatic N) is 2. The van der Waals surface area contributed by atoms with Crippen LogP contribution in [0.15, 0.2) is 51.7 Å². The van der Waals surface area contributed by atoms with Crippen molar-refractivity contribution in [2.24, 2.45) is 0 Å². The third kappa shape index (κ3) is 4.03. The molecule has 0 bridgehead atoms. The van der Waals surface area contributed by atoms with Gasteiger partial charge in [-0.1, -0.05) is 24.3 Å². The van der Waals surface area contributed by atoms with Crippen LogP contribution in [0.25, 0.3) is 11.3 Å². The molecule has 1 atom stereocenters. The summed E-state index contributed by atoms with van der Waals surface area (Å²) in [6.07, 6.45) is 2.19. The van der Waals surface area contributed by atoms with Crippen LogP contribution in [0.5, 0.6) is 0 Å². The normalized spacial score (nSPS) is 17.9. The van der Waals surface area contributed by atoms with Crippen LogP contribution in [0.1, 0.15) is 41.6 Å². The molecule has 1 unspecified atom stereocenters. The summed E-state index contributed by atoms with van der Waals surface area (Å²) in [5.41, 5.74) is 3.27. The number of aromatic amines is 1. The number of benzene rings is 1. The molecule has 3 aromatic rings. The number of aryl methyl sites for hydroxylation is 2. The van der Waals surface area contributed by atoms with Crippen LogP contribution in [-0.4, -0.2) is 28.0 Å². The van der Waals surface area contributed by atoms with Crippen molar-refractivity contribution in [2.75, 3.05) is 13.1 Å². The van der Waals surface area contributed by atoms with E-state index in [1.807, 2.05) is 26.0 Å². The molecule has 1 aliphatic rings. The van der Waals surface area contributed by atoms with Gasteiger partial charge < -0.3 is 9.40 Å². The molecule has 0 spiro atoms. The molecule has 5 heteroatoms. The van der Waals surface area contributed by atoms with Crippen molar-refractivity contribution < 1.29 is 4.42 Å². The maximum Gasteiger partial charge on any atom is 0.251 e. The van der Waals surface area contributed by atoms with Crippen LogP contribution in [-0.2, 0) is 6.54 Å². The largest absolute Gasteiger partial charge is 0.461 e. The highest BCUT2D eigenvalue weighted by Gasteiger charge is 2.24. The van der Waals surface area contributed by atoms with Crippen molar-refractivity contribution in [2.45, 2.75) is 39.2 Å². The highest BCUT2D eigenvalue weighted by Crippen LogP contribution is 2.30. The highest BCUT2D eigenvalue weighted by molar-refractivity contribution is 5.62. The summed E-state index contributed by atoms with van der Waals surface area (Å²) in [6.45, 7) is 6.66. The van der Waals surface area contributed by atoms with E-state index in [1.54, 1.807) is 6.07 Å². The summed E-state index contributed by atoms with van der Waals surface area (Å²) in [5, 5.41) is 0. The number of likely N-dealkylation sites (tertiary alicyclic amines) is 1. The van der Waals surface area contributed by atoms with E-state index in [1.165, 1.54) is 5.56 Å². The summed E-state index contributed by atoms with van der Waals surface area (Å²) < 4.78 is 5.85. The number of rotatable bonds is 4. The maximum absolute atomic E-state index is 11.8. The molecular weight excluding hydrogens is 338 g/mol. The number of nitrogens with one attached hydrogen (secondary N) is 1. The van der Waals surface area contributed by atoms with E-state index in [2.05, 4.69) is 39.1 Å². The van der Waals surface area contributed by atoms with E-state index < -0.39 is 0 Å². The van der Waals surface area contributed by atoms with Crippen molar-refractivity contribution in [3.8, 4) is 11.3 Å². The predicted molar refractivity (Wildman–Crippen MR) is 106 cm³/mol. The van der Waals surface area contributed by atoms with Gasteiger partial charge in [-0.05, 0) is 50.9 Å². The van der Waals surface area contributed by atoms with Gasteiger partial charge in [0.05, 0.1) is 5.69 Å². The Bertz CT molecular complexity index is 989. The van der Waals surface area contributed by atoms with Crippen molar-refractivity contribution in [1.29, 1.82) is 0 Å². The summed E-state index contributed by atoms with van der Waals surface area (Å²) >= 11 is 0. The standard InChI is InChI=1S/C22H25N3O2/c1-15-9-10-21(27-15)19-8-4-3-6-17(19)13-25-11-5-7-18(14-25)20-12-22(26)24-16(2)23-20/h3-4,6,8-10,12,18H,5,7,11,13-14H2,1-2H3,(H,23,24,26). The fourth-order valence-corrected chi connectivity index (χ4v) is 3.97. The third-order valence-corrected chi connectivity index (χ3v) is 5.22. The van der Waals surface area contributed by atoms with E-state index in [9.17, 15) is 4.79 Å². The highest BCUT2D eigenvalue weighted by atomic mass is 16.3. The summed E-state index contributed by atoms with van der Waals surface area (Å²) in [6, 6.07) is 14.1. The lowest BCUT2D eigenvalue weighted by Gasteiger charge is -2.32. The molecule has 1 fully saturated rings. The molecule has 1 saturated heterocycles.